The van der Waals surface area contributed by atoms with Gasteiger partial charge in [0.1, 0.15) is 0 Å². The van der Waals surface area contributed by atoms with Crippen LogP contribution in [0.3, 0.4) is 0 Å². The van der Waals surface area contributed by atoms with E-state index < -0.39 is 20.1 Å². The van der Waals surface area contributed by atoms with E-state index >= 15 is 0 Å². The zero-order valence-corrected chi connectivity index (χ0v) is 26.2. The normalized spacial score (nSPS) is 12.6. The first-order valence-corrected chi connectivity index (χ1v) is 20.0. The Bertz CT molecular complexity index is 1710. The summed E-state index contributed by atoms with van der Waals surface area (Å²) in [4.78, 5) is 9.06. The zero-order valence-electron chi connectivity index (χ0n) is 23.9. The third kappa shape index (κ3) is 6.27. The van der Waals surface area contributed by atoms with Crippen LogP contribution in [0.15, 0.2) is 97.3 Å². The van der Waals surface area contributed by atoms with Crippen LogP contribution >= 0.6 is 11.3 Å². The van der Waals surface area contributed by atoms with Crippen molar-refractivity contribution >= 4 is 49.2 Å². The molecule has 1 radical (unpaired) electrons. The smallest absolute Gasteiger partial charge is 0 e. The second-order valence-corrected chi connectivity index (χ2v) is 21.3. The molecule has 0 saturated carbocycles. The van der Waals surface area contributed by atoms with Gasteiger partial charge < -0.3 is 4.98 Å². The fourth-order valence-electron chi connectivity index (χ4n) is 3.94. The summed E-state index contributed by atoms with van der Waals surface area (Å²) in [6.45, 7) is -2.11. The number of pyridine rings is 2. The quantitative estimate of drug-likeness (QED) is 0.135. The molecule has 0 bridgehead atoms. The monoisotopic (exact) mass is 742 g/mol. The maximum absolute atomic E-state index is 7.72. The summed E-state index contributed by atoms with van der Waals surface area (Å²) in [5.74, 6) is 7.14. The van der Waals surface area contributed by atoms with Crippen LogP contribution in [0.25, 0.3) is 42.7 Å². The van der Waals surface area contributed by atoms with Crippen LogP contribution in [0.5, 0.6) is 0 Å². The second-order valence-electron chi connectivity index (χ2n) is 9.58. The number of hydrogen-bond acceptors (Lipinski definition) is 3. The minimum atomic E-state index is -2.11. The summed E-state index contributed by atoms with van der Waals surface area (Å²) in [6.07, 6.45) is 3.86. The summed E-state index contributed by atoms with van der Waals surface area (Å²) in [6, 6.07) is 33.8. The molecule has 37 heavy (non-hydrogen) atoms. The molecule has 0 atom stereocenters. The van der Waals surface area contributed by atoms with E-state index in [4.69, 9.17) is 4.11 Å². The maximum Gasteiger partial charge on any atom is 0 e. The van der Waals surface area contributed by atoms with Crippen molar-refractivity contribution in [3.8, 4) is 22.5 Å². The largest absolute Gasteiger partial charge is 0 e. The number of benzene rings is 3. The van der Waals surface area contributed by atoms with Gasteiger partial charge in [0.15, 0.2) is 0 Å². The van der Waals surface area contributed by atoms with Crippen LogP contribution in [-0.4, -0.2) is 23.2 Å². The minimum Gasteiger partial charge on any atom is 0 e. The van der Waals surface area contributed by atoms with Crippen LogP contribution in [0, 0.1) is 19.0 Å². The van der Waals surface area contributed by atoms with Crippen molar-refractivity contribution < 1.29 is 24.2 Å². The molecule has 0 aliphatic heterocycles. The fourth-order valence-corrected chi connectivity index (χ4v) is 7.24. The van der Waals surface area contributed by atoms with Gasteiger partial charge in [-0.2, -0.15) is 0 Å². The van der Waals surface area contributed by atoms with E-state index in [1.54, 1.807) is 12.1 Å². The van der Waals surface area contributed by atoms with Gasteiger partial charge in [-0.15, -0.1) is 47.2 Å². The predicted molar refractivity (Wildman–Crippen MR) is 158 cm³/mol. The first kappa shape index (κ1) is 23.5. The van der Waals surface area contributed by atoms with Gasteiger partial charge in [-0.3, -0.25) is 0 Å². The molecule has 6 aromatic rings. The molecule has 0 aliphatic rings. The molecule has 0 saturated heterocycles. The van der Waals surface area contributed by atoms with Gasteiger partial charge in [-0.25, -0.2) is 0 Å². The van der Waals surface area contributed by atoms with Gasteiger partial charge in [-0.05, 0) is 18.1 Å². The number of thiophene rings is 1. The molecule has 2 nitrogen and oxygen atoms in total. The fraction of sp³-hybridized carbons (Fsp3) is 0.125. The van der Waals surface area contributed by atoms with E-state index in [1.807, 2.05) is 73.1 Å². The molecule has 6 rings (SSSR count). The average Bonchev–Trinajstić information content (AvgIpc) is 3.31. The maximum atomic E-state index is 7.72. The van der Waals surface area contributed by atoms with Crippen LogP contribution < -0.4 is 4.40 Å². The van der Waals surface area contributed by atoms with Crippen molar-refractivity contribution in [1.82, 2.24) is 9.97 Å². The molecule has 0 spiro atoms. The first-order chi connectivity index (χ1) is 18.6. The first-order valence-electron chi connectivity index (χ1n) is 13.3. The number of aromatic nitrogens is 2. The second kappa shape index (κ2) is 11.8. The molecule has 0 N–H and O–H groups in total. The third-order valence-corrected chi connectivity index (χ3v) is 11.4. The van der Waals surface area contributed by atoms with Gasteiger partial charge in [-0.1, -0.05) is 24.3 Å². The zero-order chi connectivity index (χ0) is 27.6. The summed E-state index contributed by atoms with van der Waals surface area (Å²) in [5.41, 5.74) is 4.26. The van der Waals surface area contributed by atoms with E-state index in [0.717, 1.165) is 42.7 Å². The number of rotatable bonds is 3. The molecule has 0 unspecified atom stereocenters. The summed E-state index contributed by atoms with van der Waals surface area (Å²) < 4.78 is 26.5. The van der Waals surface area contributed by atoms with Crippen molar-refractivity contribution in [3.05, 3.63) is 115 Å². The van der Waals surface area contributed by atoms with Crippen LogP contribution in [0.4, 0.5) is 0 Å². The van der Waals surface area contributed by atoms with Crippen LogP contribution in [0.2, 0.25) is 17.3 Å². The van der Waals surface area contributed by atoms with E-state index in [1.165, 1.54) is 15.7 Å². The Morgan fingerprint density at radius 2 is 1.46 bits per heavy atom. The Kier molecular flexibility index (Phi) is 7.51. The average molecular weight is 741 g/mol. The molecular formula is C32H28GeIrN2S-2. The topological polar surface area (TPSA) is 25.8 Å². The Morgan fingerprint density at radius 3 is 2.05 bits per heavy atom. The van der Waals surface area contributed by atoms with E-state index in [-0.39, 0.29) is 20.1 Å². The Hall–Kier alpha value is -2.63. The van der Waals surface area contributed by atoms with Crippen LogP contribution in [-0.2, 0) is 20.1 Å². The standard InChI is InChI=1S/C18H12NS.C14H16GeN.Ir/c1-12-6-5-9-14-15-11-19-16(10-17(15)20-18(12)14)13-7-3-2-4-8-13;1-15(2,3)13-9-10-14(16-11-13)12-7-5-4-6-8-12;/h2-7,9-11H,1H3;4-7,9-11H,1-3H3;/q2*-1;/i1D3;;. The van der Waals surface area contributed by atoms with Crippen molar-refractivity contribution in [2.75, 3.05) is 0 Å². The van der Waals surface area contributed by atoms with E-state index in [0.29, 0.717) is 5.56 Å². The number of nitrogens with zero attached hydrogens (tertiary/aromatic N) is 2. The van der Waals surface area contributed by atoms with Gasteiger partial charge in [0.2, 0.25) is 0 Å². The van der Waals surface area contributed by atoms with Crippen molar-refractivity contribution in [2.45, 2.75) is 24.1 Å². The van der Waals surface area contributed by atoms with Gasteiger partial charge in [0.05, 0.1) is 0 Å². The van der Waals surface area contributed by atoms with Crippen molar-refractivity contribution in [2.24, 2.45) is 0 Å². The third-order valence-electron chi connectivity index (χ3n) is 5.98. The summed E-state index contributed by atoms with van der Waals surface area (Å²) in [7, 11) is 0. The minimum absolute atomic E-state index is 0. The van der Waals surface area contributed by atoms with Crippen LogP contribution in [0.1, 0.15) is 9.68 Å². The SMILES string of the molecule is [2H]C([2H])([2H])c1cccc2c1sc1cc(-c3[c-]cccc3)ncc12.[CH3][Ge]([CH3])([CH3])[c]1ccc(-c2[c-]cccc2)nc1.[Ir]. The van der Waals surface area contributed by atoms with Crippen molar-refractivity contribution in [3.63, 3.8) is 0 Å². The number of hydrogen-bond donors (Lipinski definition) is 0. The Labute approximate surface area is 243 Å². The molecule has 3 aromatic carbocycles. The molecule has 5 heteroatoms. The van der Waals surface area contributed by atoms with Gasteiger partial charge in [0, 0.05) is 50.6 Å². The van der Waals surface area contributed by atoms with E-state index in [9.17, 15) is 0 Å². The molecule has 0 fully saturated rings. The van der Waals surface area contributed by atoms with Gasteiger partial charge >= 0.3 is 99.8 Å². The molecule has 187 valence electrons. The molecular weight excluding hydrogens is 709 g/mol. The van der Waals surface area contributed by atoms with E-state index in [2.05, 4.69) is 51.5 Å². The molecule has 3 aromatic heterocycles. The number of aryl methyl sites for hydroxylation is 1. The predicted octanol–water partition coefficient (Wildman–Crippen LogP) is 8.32. The summed E-state index contributed by atoms with van der Waals surface area (Å²) >= 11 is -0.206. The summed E-state index contributed by atoms with van der Waals surface area (Å²) in [5, 5.41) is 1.95. The molecule has 0 amide bonds. The molecule has 0 aliphatic carbocycles. The van der Waals surface area contributed by atoms with Crippen molar-refractivity contribution in [1.29, 1.82) is 0 Å². The molecule has 3 heterocycles. The Balaban J connectivity index is 0.000000192. The van der Waals surface area contributed by atoms with Gasteiger partial charge in [0.25, 0.3) is 0 Å². The number of fused-ring (bicyclic) bond motifs is 3. The Morgan fingerprint density at radius 1 is 0.757 bits per heavy atom.